The van der Waals surface area contributed by atoms with Gasteiger partial charge in [-0.2, -0.15) is 0 Å². The second-order valence-electron chi connectivity index (χ2n) is 14.2. The molecule has 4 heterocycles. The third kappa shape index (κ3) is 7.08. The summed E-state index contributed by atoms with van der Waals surface area (Å²) in [6.07, 6.45) is 0. The van der Waals surface area contributed by atoms with Crippen molar-refractivity contribution in [2.75, 3.05) is 11.5 Å². The molecule has 4 aliphatic heterocycles. The highest BCUT2D eigenvalue weighted by atomic mass is 32.2. The second-order valence-corrected chi connectivity index (χ2v) is 19.1. The fraction of sp³-hybridized carbons (Fsp3) is 0. The van der Waals surface area contributed by atoms with Gasteiger partial charge in [0.05, 0.1) is 29.4 Å². The Balaban J connectivity index is 1.01. The number of sulfone groups is 2. The monoisotopic (exact) mass is 860 g/mol. The molecule has 0 unspecified atom stereocenters. The zero-order chi connectivity index (χ0) is 41.9. The number of nitrogens with two attached hydrogens (primary N) is 2. The molecule has 0 aromatic heterocycles. The van der Waals surface area contributed by atoms with Gasteiger partial charge in [0.15, 0.2) is 0 Å². The molecule has 13 heteroatoms. The van der Waals surface area contributed by atoms with Crippen LogP contribution in [0.2, 0.25) is 0 Å². The molecule has 0 saturated heterocycles. The van der Waals surface area contributed by atoms with Gasteiger partial charge < -0.3 is 30.4 Å². The summed E-state index contributed by atoms with van der Waals surface area (Å²) in [5.74, 6) is 3.68. The molecule has 300 valence electrons. The van der Waals surface area contributed by atoms with Gasteiger partial charge in [0.25, 0.3) is 0 Å². The predicted molar refractivity (Wildman–Crippen MR) is 234 cm³/mol. The number of fused-ring (bicyclic) bond motifs is 4. The Morgan fingerprint density at radius 2 is 0.820 bits per heavy atom. The van der Waals surface area contributed by atoms with Gasteiger partial charge in [0, 0.05) is 34.6 Å². The molecule has 0 fully saturated rings. The van der Waals surface area contributed by atoms with Crippen LogP contribution in [0, 0.1) is 0 Å². The van der Waals surface area contributed by atoms with E-state index in [0.717, 1.165) is 0 Å². The topological polar surface area (TPSA) is 157 Å². The molecule has 0 spiro atoms. The highest BCUT2D eigenvalue weighted by Crippen LogP contribution is 2.54. The van der Waals surface area contributed by atoms with Crippen LogP contribution >= 0.6 is 11.8 Å². The first-order valence-electron chi connectivity index (χ1n) is 18.9. The van der Waals surface area contributed by atoms with Crippen molar-refractivity contribution in [2.45, 2.75) is 29.4 Å². The number of benzene rings is 8. The third-order valence-corrected chi connectivity index (χ3v) is 14.9. The lowest BCUT2D eigenvalue weighted by Gasteiger charge is -2.19. The first-order chi connectivity index (χ1) is 29.5. The molecule has 8 aromatic rings. The number of anilines is 2. The second kappa shape index (κ2) is 14.8. The number of nitrogen functional groups attached to an aromatic ring is 2. The third-order valence-electron chi connectivity index (χ3n) is 10.1. The van der Waals surface area contributed by atoms with E-state index in [4.69, 9.17) is 30.4 Å². The Kier molecular flexibility index (Phi) is 9.24. The van der Waals surface area contributed by atoms with E-state index in [9.17, 15) is 16.8 Å². The molecule has 0 radical (unpaired) electrons. The summed E-state index contributed by atoms with van der Waals surface area (Å²) in [5.41, 5.74) is 15.0. The van der Waals surface area contributed by atoms with E-state index in [1.54, 1.807) is 121 Å². The van der Waals surface area contributed by atoms with E-state index in [2.05, 4.69) is 0 Å². The summed E-state index contributed by atoms with van der Waals surface area (Å²) in [6, 6.07) is 47.3. The Morgan fingerprint density at radius 1 is 0.426 bits per heavy atom. The van der Waals surface area contributed by atoms with Crippen molar-refractivity contribution in [3.8, 4) is 68.2 Å². The highest BCUT2D eigenvalue weighted by Gasteiger charge is 2.32. The van der Waals surface area contributed by atoms with Crippen molar-refractivity contribution in [1.82, 2.24) is 0 Å². The lowest BCUT2D eigenvalue weighted by atomic mass is 10.1. The summed E-state index contributed by atoms with van der Waals surface area (Å²) in [7, 11) is -8.18. The molecule has 4 N–H and O–H groups in total. The summed E-state index contributed by atoms with van der Waals surface area (Å²) in [4.78, 5) is 1.43. The van der Waals surface area contributed by atoms with Crippen molar-refractivity contribution in [3.63, 3.8) is 0 Å². The lowest BCUT2D eigenvalue weighted by molar-refractivity contribution is 0.471. The van der Waals surface area contributed by atoms with Crippen LogP contribution in [0.3, 0.4) is 0 Å². The van der Waals surface area contributed by atoms with Gasteiger partial charge in [-0.3, -0.25) is 0 Å². The summed E-state index contributed by atoms with van der Waals surface area (Å²) in [6.45, 7) is 0. The molecule has 61 heavy (non-hydrogen) atoms. The molecular formula is C48H32N2O8S3. The fourth-order valence-corrected chi connectivity index (χ4v) is 11.2. The molecule has 8 aromatic carbocycles. The number of ether oxygens (including phenoxy) is 4. The van der Waals surface area contributed by atoms with E-state index in [0.29, 0.717) is 89.4 Å². The fourth-order valence-electron chi connectivity index (χ4n) is 7.24. The van der Waals surface area contributed by atoms with E-state index >= 15 is 0 Å². The van der Waals surface area contributed by atoms with Gasteiger partial charge in [0.1, 0.15) is 46.0 Å². The minimum absolute atomic E-state index is 0.0576. The maximum Gasteiger partial charge on any atom is 0.207 e. The van der Waals surface area contributed by atoms with Crippen molar-refractivity contribution in [3.05, 3.63) is 170 Å². The predicted octanol–water partition coefficient (Wildman–Crippen LogP) is 11.8. The average Bonchev–Trinajstić information content (AvgIpc) is 3.72. The quantitative estimate of drug-likeness (QED) is 0.126. The van der Waals surface area contributed by atoms with Gasteiger partial charge in [0.2, 0.25) is 19.7 Å². The number of hydrogen-bond acceptors (Lipinski definition) is 11. The molecule has 4 aliphatic rings. The lowest BCUT2D eigenvalue weighted by Crippen LogP contribution is -2.06. The summed E-state index contributed by atoms with van der Waals surface area (Å²) < 4.78 is 82.5. The standard InChI is InChI=1S/C48H32N2O8S3/c49-31-3-1-5-37(27-31)55-33-15-19-39(20-16-33)60(51,52)43-25-23-41(47-45(43)29-7-11-35(57-47)12-8-29)59-42-24-26-44(46-30-9-13-36(14-10-30)58-48(42)46)61(53,54)40-21-17-34(18-22-40)56-38-6-2-4-32(50)28-38/h1-28H,49-50H2. The first-order valence-corrected chi connectivity index (χ1v) is 22.6. The van der Waals surface area contributed by atoms with Gasteiger partial charge in [-0.15, -0.1) is 0 Å². The minimum Gasteiger partial charge on any atom is -0.457 e. The van der Waals surface area contributed by atoms with Crippen LogP contribution < -0.4 is 30.4 Å². The van der Waals surface area contributed by atoms with Crippen LogP contribution in [0.15, 0.2) is 199 Å². The molecular weight excluding hydrogens is 829 g/mol. The summed E-state index contributed by atoms with van der Waals surface area (Å²) >= 11 is 1.28. The molecule has 0 saturated carbocycles. The van der Waals surface area contributed by atoms with Gasteiger partial charge >= 0.3 is 0 Å². The Hall–Kier alpha value is -7.19. The molecule has 12 rings (SSSR count). The molecule has 0 aliphatic carbocycles. The van der Waals surface area contributed by atoms with Crippen molar-refractivity contribution >= 4 is 42.8 Å². The van der Waals surface area contributed by atoms with Crippen molar-refractivity contribution in [2.24, 2.45) is 0 Å². The Morgan fingerprint density at radius 3 is 1.20 bits per heavy atom. The normalized spacial score (nSPS) is 12.3. The zero-order valence-corrected chi connectivity index (χ0v) is 34.3. The Labute approximate surface area is 355 Å². The van der Waals surface area contributed by atoms with Crippen molar-refractivity contribution < 1.29 is 35.8 Å². The summed E-state index contributed by atoms with van der Waals surface area (Å²) in [5, 5.41) is 0. The number of hydrogen-bond donors (Lipinski definition) is 2. The van der Waals surface area contributed by atoms with Gasteiger partial charge in [-0.05, 0) is 132 Å². The highest BCUT2D eigenvalue weighted by molar-refractivity contribution is 7.99. The van der Waals surface area contributed by atoms with Crippen LogP contribution in [0.1, 0.15) is 0 Å². The minimum atomic E-state index is -4.09. The maximum absolute atomic E-state index is 14.5. The van der Waals surface area contributed by atoms with Crippen LogP contribution in [0.5, 0.6) is 46.0 Å². The maximum atomic E-state index is 14.5. The van der Waals surface area contributed by atoms with Crippen LogP contribution in [-0.2, 0) is 19.7 Å². The average molecular weight is 861 g/mol. The van der Waals surface area contributed by atoms with Crippen LogP contribution in [0.25, 0.3) is 22.3 Å². The van der Waals surface area contributed by atoms with Gasteiger partial charge in [-0.25, -0.2) is 16.8 Å². The first kappa shape index (κ1) is 38.0. The number of rotatable bonds is 10. The van der Waals surface area contributed by atoms with E-state index in [1.807, 2.05) is 24.3 Å². The molecule has 0 atom stereocenters. The SMILES string of the molecule is Nc1cccc(Oc2ccc(S(=O)(=O)c3ccc(Sc4ccc(S(=O)(=O)c5ccc(Oc6cccc(N)c6)cc5)c5c4Oc4ccc-5cc4)c4c3-c3ccc(cc3)O4)cc2)c1. The smallest absolute Gasteiger partial charge is 0.207 e. The molecule has 4 bridgehead atoms. The zero-order valence-electron chi connectivity index (χ0n) is 31.8. The van der Waals surface area contributed by atoms with Crippen LogP contribution in [-0.4, -0.2) is 16.8 Å². The molecule has 10 nitrogen and oxygen atoms in total. The van der Waals surface area contributed by atoms with Gasteiger partial charge in [-0.1, -0.05) is 48.2 Å². The van der Waals surface area contributed by atoms with E-state index in [1.165, 1.54) is 36.0 Å². The molecule has 0 amide bonds. The Bertz CT molecular complexity index is 3030. The van der Waals surface area contributed by atoms with Crippen molar-refractivity contribution in [1.29, 1.82) is 0 Å². The van der Waals surface area contributed by atoms with E-state index in [-0.39, 0.29) is 19.6 Å². The largest absolute Gasteiger partial charge is 0.457 e. The van der Waals surface area contributed by atoms with Crippen LogP contribution in [0.4, 0.5) is 11.4 Å². The van der Waals surface area contributed by atoms with E-state index < -0.39 is 19.7 Å².